The van der Waals surface area contributed by atoms with Gasteiger partial charge in [-0.15, -0.1) is 0 Å². The Morgan fingerprint density at radius 2 is 2.00 bits per heavy atom. The second kappa shape index (κ2) is 6.97. The van der Waals surface area contributed by atoms with Crippen molar-refractivity contribution in [3.63, 3.8) is 0 Å². The van der Waals surface area contributed by atoms with Crippen LogP contribution in [0.25, 0.3) is 0 Å². The van der Waals surface area contributed by atoms with E-state index in [1.54, 1.807) is 0 Å². The second-order valence-corrected chi connectivity index (χ2v) is 4.91. The predicted molar refractivity (Wildman–Crippen MR) is 66.7 cm³/mol. The molecule has 0 unspecified atom stereocenters. The molecule has 0 aromatic carbocycles. The molecule has 1 fully saturated rings. The molecule has 1 saturated heterocycles. The zero-order valence-corrected chi connectivity index (χ0v) is 11.1. The molecule has 0 bridgehead atoms. The fraction of sp³-hybridized carbons (Fsp3) is 0.923. The zero-order chi connectivity index (χ0) is 12.7. The summed E-state index contributed by atoms with van der Waals surface area (Å²) in [5.41, 5.74) is 0.125. The van der Waals surface area contributed by atoms with Crippen molar-refractivity contribution < 1.29 is 14.6 Å². The first-order valence-corrected chi connectivity index (χ1v) is 6.64. The Hall–Kier alpha value is -0.610. The van der Waals surface area contributed by atoms with Crippen molar-refractivity contribution in [3.05, 3.63) is 0 Å². The maximum Gasteiger partial charge on any atom is 0.307 e. The number of likely N-dealkylation sites (tertiary alicyclic amines) is 1. The molecule has 1 rings (SSSR count). The molecule has 4 nitrogen and oxygen atoms in total. The first-order chi connectivity index (χ1) is 8.15. The van der Waals surface area contributed by atoms with E-state index < -0.39 is 0 Å². The number of aliphatic hydroxyl groups is 1. The summed E-state index contributed by atoms with van der Waals surface area (Å²) in [6.45, 7) is 7.46. The summed E-state index contributed by atoms with van der Waals surface area (Å²) in [4.78, 5) is 13.5. The molecule has 0 radical (unpaired) electrons. The molecule has 100 valence electrons. The number of esters is 1. The number of aliphatic hydroxyl groups excluding tert-OH is 1. The molecule has 0 saturated carbocycles. The van der Waals surface area contributed by atoms with Crippen LogP contribution in [0.1, 0.15) is 39.5 Å². The van der Waals surface area contributed by atoms with Gasteiger partial charge in [-0.1, -0.05) is 6.92 Å². The van der Waals surface area contributed by atoms with Crippen LogP contribution in [-0.4, -0.2) is 48.8 Å². The van der Waals surface area contributed by atoms with E-state index in [-0.39, 0.29) is 18.0 Å². The molecule has 4 heteroatoms. The molecule has 0 atom stereocenters. The van der Waals surface area contributed by atoms with Gasteiger partial charge in [0.2, 0.25) is 0 Å². The van der Waals surface area contributed by atoms with Gasteiger partial charge in [-0.3, -0.25) is 4.79 Å². The highest BCUT2D eigenvalue weighted by molar-refractivity contribution is 5.69. The highest BCUT2D eigenvalue weighted by Crippen LogP contribution is 2.34. The van der Waals surface area contributed by atoms with E-state index in [0.717, 1.165) is 38.9 Å². The molecule has 1 aliphatic heterocycles. The van der Waals surface area contributed by atoms with Crippen molar-refractivity contribution in [2.45, 2.75) is 39.5 Å². The average molecular weight is 243 g/mol. The Morgan fingerprint density at radius 1 is 1.35 bits per heavy atom. The van der Waals surface area contributed by atoms with Gasteiger partial charge in [-0.2, -0.15) is 0 Å². The number of hydrogen-bond acceptors (Lipinski definition) is 4. The largest absolute Gasteiger partial charge is 0.466 e. The lowest BCUT2D eigenvalue weighted by Crippen LogP contribution is -2.42. The number of carbonyl (C=O) groups is 1. The SMILES string of the molecule is CCOC(=O)CCN1CCC(CC)(CO)CC1. The maximum absolute atomic E-state index is 11.2. The standard InChI is InChI=1S/C13H25NO3/c1-3-13(11-15)6-9-14(10-7-13)8-5-12(16)17-4-2/h15H,3-11H2,1-2H3. The molecule has 1 aliphatic rings. The quantitative estimate of drug-likeness (QED) is 0.717. The Balaban J connectivity index is 2.25. The topological polar surface area (TPSA) is 49.8 Å². The zero-order valence-electron chi connectivity index (χ0n) is 11.1. The van der Waals surface area contributed by atoms with Gasteiger partial charge in [0.05, 0.1) is 13.0 Å². The lowest BCUT2D eigenvalue weighted by atomic mass is 9.77. The highest BCUT2D eigenvalue weighted by Gasteiger charge is 2.32. The minimum absolute atomic E-state index is 0.109. The van der Waals surface area contributed by atoms with E-state index in [1.165, 1.54) is 0 Å². The Bertz CT molecular complexity index is 229. The fourth-order valence-corrected chi connectivity index (χ4v) is 2.36. The van der Waals surface area contributed by atoms with E-state index in [4.69, 9.17) is 4.74 Å². The van der Waals surface area contributed by atoms with E-state index in [2.05, 4.69) is 11.8 Å². The van der Waals surface area contributed by atoms with Crippen LogP contribution in [0.5, 0.6) is 0 Å². The number of ether oxygens (including phenoxy) is 1. The second-order valence-electron chi connectivity index (χ2n) is 4.91. The summed E-state index contributed by atoms with van der Waals surface area (Å²) < 4.78 is 4.91. The van der Waals surface area contributed by atoms with Gasteiger partial charge < -0.3 is 14.7 Å². The van der Waals surface area contributed by atoms with Gasteiger partial charge in [0.1, 0.15) is 0 Å². The van der Waals surface area contributed by atoms with Crippen molar-refractivity contribution in [3.8, 4) is 0 Å². The molecule has 1 N–H and O–H groups in total. The van der Waals surface area contributed by atoms with Gasteiger partial charge in [0, 0.05) is 13.2 Å². The number of carbonyl (C=O) groups excluding carboxylic acids is 1. The first kappa shape index (κ1) is 14.5. The number of nitrogens with zero attached hydrogens (tertiary/aromatic N) is 1. The summed E-state index contributed by atoms with van der Waals surface area (Å²) in [5, 5.41) is 9.42. The molecule has 0 aromatic rings. The van der Waals surface area contributed by atoms with E-state index >= 15 is 0 Å². The Kier molecular flexibility index (Phi) is 5.92. The summed E-state index contributed by atoms with van der Waals surface area (Å²) in [5.74, 6) is -0.109. The number of hydrogen-bond donors (Lipinski definition) is 1. The molecule has 0 aromatic heterocycles. The molecule has 17 heavy (non-hydrogen) atoms. The van der Waals surface area contributed by atoms with Crippen molar-refractivity contribution >= 4 is 5.97 Å². The van der Waals surface area contributed by atoms with E-state index in [1.807, 2.05) is 6.92 Å². The van der Waals surface area contributed by atoms with Crippen LogP contribution < -0.4 is 0 Å². The van der Waals surface area contributed by atoms with Gasteiger partial charge >= 0.3 is 5.97 Å². The predicted octanol–water partition coefficient (Wildman–Crippen LogP) is 1.42. The summed E-state index contributed by atoms with van der Waals surface area (Å²) >= 11 is 0. The maximum atomic E-state index is 11.2. The van der Waals surface area contributed by atoms with E-state index in [0.29, 0.717) is 13.0 Å². The molecule has 0 amide bonds. The summed E-state index contributed by atoms with van der Waals surface area (Å²) in [6.07, 6.45) is 3.58. The van der Waals surface area contributed by atoms with Crippen LogP contribution in [0, 0.1) is 5.41 Å². The summed E-state index contributed by atoms with van der Waals surface area (Å²) in [7, 11) is 0. The molecular weight excluding hydrogens is 218 g/mol. The number of piperidine rings is 1. The van der Waals surface area contributed by atoms with Crippen LogP contribution in [0.15, 0.2) is 0 Å². The van der Waals surface area contributed by atoms with Crippen molar-refractivity contribution in [2.75, 3.05) is 32.8 Å². The third-order valence-electron chi connectivity index (χ3n) is 3.94. The summed E-state index contributed by atoms with van der Waals surface area (Å²) in [6, 6.07) is 0. The third-order valence-corrected chi connectivity index (χ3v) is 3.94. The van der Waals surface area contributed by atoms with Crippen molar-refractivity contribution in [1.29, 1.82) is 0 Å². The number of rotatable bonds is 6. The molecule has 1 heterocycles. The van der Waals surface area contributed by atoms with Crippen LogP contribution in [0.2, 0.25) is 0 Å². The fourth-order valence-electron chi connectivity index (χ4n) is 2.36. The van der Waals surface area contributed by atoms with Crippen LogP contribution >= 0.6 is 0 Å². The molecular formula is C13H25NO3. The lowest BCUT2D eigenvalue weighted by Gasteiger charge is -2.40. The van der Waals surface area contributed by atoms with Crippen LogP contribution in [0.4, 0.5) is 0 Å². The Labute approximate surface area is 104 Å². The normalized spacial score (nSPS) is 20.2. The molecule has 0 spiro atoms. The van der Waals surface area contributed by atoms with Crippen molar-refractivity contribution in [2.24, 2.45) is 5.41 Å². The first-order valence-electron chi connectivity index (χ1n) is 6.64. The smallest absolute Gasteiger partial charge is 0.307 e. The van der Waals surface area contributed by atoms with Gasteiger partial charge in [-0.25, -0.2) is 0 Å². The lowest BCUT2D eigenvalue weighted by molar-refractivity contribution is -0.143. The van der Waals surface area contributed by atoms with Crippen molar-refractivity contribution in [1.82, 2.24) is 4.90 Å². The molecule has 0 aliphatic carbocycles. The Morgan fingerprint density at radius 3 is 2.47 bits per heavy atom. The van der Waals surface area contributed by atoms with Crippen LogP contribution in [0.3, 0.4) is 0 Å². The minimum Gasteiger partial charge on any atom is -0.466 e. The van der Waals surface area contributed by atoms with Crippen LogP contribution in [-0.2, 0) is 9.53 Å². The monoisotopic (exact) mass is 243 g/mol. The van der Waals surface area contributed by atoms with E-state index in [9.17, 15) is 9.90 Å². The third kappa shape index (κ3) is 4.28. The highest BCUT2D eigenvalue weighted by atomic mass is 16.5. The van der Waals surface area contributed by atoms with Gasteiger partial charge in [-0.05, 0) is 44.7 Å². The average Bonchev–Trinajstić information content (AvgIpc) is 2.37. The van der Waals surface area contributed by atoms with Gasteiger partial charge in [0.15, 0.2) is 0 Å². The minimum atomic E-state index is -0.109. The van der Waals surface area contributed by atoms with Gasteiger partial charge in [0.25, 0.3) is 0 Å².